The first kappa shape index (κ1) is 13.6. The molecule has 3 rings (SSSR count). The number of thiophene rings is 1. The molecule has 0 saturated carbocycles. The average molecular weight is 301 g/mol. The molecule has 0 saturated heterocycles. The molecule has 0 radical (unpaired) electrons. The lowest BCUT2D eigenvalue weighted by Crippen LogP contribution is -2.08. The van der Waals surface area contributed by atoms with Crippen molar-refractivity contribution < 1.29 is 13.9 Å². The van der Waals surface area contributed by atoms with Crippen LogP contribution in [0.2, 0.25) is 0 Å². The molecule has 0 unspecified atom stereocenters. The molecule has 5 heteroatoms. The Morgan fingerprint density at radius 3 is 2.90 bits per heavy atom. The summed E-state index contributed by atoms with van der Waals surface area (Å²) in [4.78, 5) is 12.0. The van der Waals surface area contributed by atoms with Crippen molar-refractivity contribution >= 4 is 33.1 Å². The standard InChI is InChI=1S/C16H12FNO2S/c17-11-5-6-14(18)13(7-11)16(19)20-8-10-9-21-15-4-2-1-3-12(10)15/h1-7,9H,8,18H2. The number of fused-ring (bicyclic) bond motifs is 1. The normalized spacial score (nSPS) is 10.7. The summed E-state index contributed by atoms with van der Waals surface area (Å²) in [7, 11) is 0. The van der Waals surface area contributed by atoms with Crippen molar-refractivity contribution in [1.29, 1.82) is 0 Å². The minimum Gasteiger partial charge on any atom is -0.457 e. The predicted octanol–water partition coefficient (Wildman–Crippen LogP) is 3.98. The van der Waals surface area contributed by atoms with Gasteiger partial charge >= 0.3 is 5.97 Å². The Kier molecular flexibility index (Phi) is 3.58. The van der Waals surface area contributed by atoms with Crippen molar-refractivity contribution in [3.8, 4) is 0 Å². The fourth-order valence-electron chi connectivity index (χ4n) is 2.07. The third kappa shape index (κ3) is 2.73. The number of halogens is 1. The van der Waals surface area contributed by atoms with Gasteiger partial charge in [0.2, 0.25) is 0 Å². The summed E-state index contributed by atoms with van der Waals surface area (Å²) >= 11 is 1.59. The third-order valence-corrected chi connectivity index (χ3v) is 4.17. The molecule has 21 heavy (non-hydrogen) atoms. The Balaban J connectivity index is 1.78. The van der Waals surface area contributed by atoms with Gasteiger partial charge in [0.15, 0.2) is 0 Å². The Bertz CT molecular complexity index is 813. The molecule has 0 bridgehead atoms. The van der Waals surface area contributed by atoms with Gasteiger partial charge in [-0.3, -0.25) is 0 Å². The zero-order valence-corrected chi connectivity index (χ0v) is 11.8. The molecule has 3 aromatic rings. The topological polar surface area (TPSA) is 52.3 Å². The van der Waals surface area contributed by atoms with Crippen molar-refractivity contribution in [3.63, 3.8) is 0 Å². The maximum atomic E-state index is 13.2. The second-order valence-electron chi connectivity index (χ2n) is 4.56. The molecule has 0 fully saturated rings. The van der Waals surface area contributed by atoms with Crippen LogP contribution >= 0.6 is 11.3 Å². The molecule has 0 aliphatic carbocycles. The fourth-order valence-corrected chi connectivity index (χ4v) is 3.02. The SMILES string of the molecule is Nc1ccc(F)cc1C(=O)OCc1csc2ccccc12. The average Bonchev–Trinajstić information content (AvgIpc) is 2.90. The van der Waals surface area contributed by atoms with Crippen molar-refractivity contribution in [3.05, 3.63) is 64.8 Å². The minimum atomic E-state index is -0.623. The molecule has 1 heterocycles. The predicted molar refractivity (Wildman–Crippen MR) is 81.8 cm³/mol. The number of hydrogen-bond donors (Lipinski definition) is 1. The van der Waals surface area contributed by atoms with E-state index in [1.807, 2.05) is 29.6 Å². The van der Waals surface area contributed by atoms with Crippen LogP contribution in [-0.4, -0.2) is 5.97 Å². The molecule has 0 aliphatic heterocycles. The van der Waals surface area contributed by atoms with Crippen LogP contribution in [0.4, 0.5) is 10.1 Å². The summed E-state index contributed by atoms with van der Waals surface area (Å²) in [6.45, 7) is 0.138. The third-order valence-electron chi connectivity index (χ3n) is 3.16. The first-order chi connectivity index (χ1) is 10.1. The van der Waals surface area contributed by atoms with Gasteiger partial charge in [-0.25, -0.2) is 9.18 Å². The highest BCUT2D eigenvalue weighted by Crippen LogP contribution is 2.26. The van der Waals surface area contributed by atoms with E-state index in [0.717, 1.165) is 21.7 Å². The van der Waals surface area contributed by atoms with E-state index in [1.165, 1.54) is 12.1 Å². The quantitative estimate of drug-likeness (QED) is 0.588. The van der Waals surface area contributed by atoms with E-state index >= 15 is 0 Å². The van der Waals surface area contributed by atoms with Crippen LogP contribution in [0, 0.1) is 5.82 Å². The fraction of sp³-hybridized carbons (Fsp3) is 0.0625. The van der Waals surface area contributed by atoms with E-state index in [9.17, 15) is 9.18 Å². The summed E-state index contributed by atoms with van der Waals surface area (Å²) in [5.41, 5.74) is 6.85. The maximum absolute atomic E-state index is 13.2. The zero-order valence-electron chi connectivity index (χ0n) is 11.0. The van der Waals surface area contributed by atoms with Crippen LogP contribution in [0.15, 0.2) is 47.8 Å². The molecule has 0 aliphatic rings. The Morgan fingerprint density at radius 1 is 1.24 bits per heavy atom. The number of anilines is 1. The number of ether oxygens (including phenoxy) is 1. The molecule has 3 nitrogen and oxygen atoms in total. The largest absolute Gasteiger partial charge is 0.457 e. The maximum Gasteiger partial charge on any atom is 0.340 e. The van der Waals surface area contributed by atoms with Gasteiger partial charge in [-0.15, -0.1) is 11.3 Å². The zero-order chi connectivity index (χ0) is 14.8. The number of benzene rings is 2. The minimum absolute atomic E-state index is 0.0505. The van der Waals surface area contributed by atoms with Crippen LogP contribution in [0.1, 0.15) is 15.9 Å². The first-order valence-corrected chi connectivity index (χ1v) is 7.20. The molecule has 0 atom stereocenters. The highest BCUT2D eigenvalue weighted by Gasteiger charge is 2.13. The number of carbonyl (C=O) groups excluding carboxylic acids is 1. The van der Waals surface area contributed by atoms with Gasteiger partial charge in [0, 0.05) is 16.0 Å². The Morgan fingerprint density at radius 2 is 2.05 bits per heavy atom. The smallest absolute Gasteiger partial charge is 0.340 e. The van der Waals surface area contributed by atoms with E-state index in [0.29, 0.717) is 0 Å². The number of rotatable bonds is 3. The molecule has 2 aromatic carbocycles. The lowest BCUT2D eigenvalue weighted by atomic mass is 10.1. The Hall–Kier alpha value is -2.40. The monoisotopic (exact) mass is 301 g/mol. The highest BCUT2D eigenvalue weighted by molar-refractivity contribution is 7.17. The number of carbonyl (C=O) groups is 1. The first-order valence-electron chi connectivity index (χ1n) is 6.32. The number of nitrogens with two attached hydrogens (primary N) is 1. The summed E-state index contributed by atoms with van der Waals surface area (Å²) < 4.78 is 19.5. The highest BCUT2D eigenvalue weighted by atomic mass is 32.1. The molecule has 0 amide bonds. The van der Waals surface area contributed by atoms with E-state index in [4.69, 9.17) is 10.5 Å². The number of hydrogen-bond acceptors (Lipinski definition) is 4. The van der Waals surface area contributed by atoms with Gasteiger partial charge < -0.3 is 10.5 Å². The van der Waals surface area contributed by atoms with Crippen LogP contribution in [0.25, 0.3) is 10.1 Å². The lowest BCUT2D eigenvalue weighted by Gasteiger charge is -2.06. The van der Waals surface area contributed by atoms with Crippen LogP contribution in [-0.2, 0) is 11.3 Å². The molecular weight excluding hydrogens is 289 g/mol. The summed E-state index contributed by atoms with van der Waals surface area (Å²) in [6.07, 6.45) is 0. The van der Waals surface area contributed by atoms with Crippen molar-refractivity contribution in [2.75, 3.05) is 5.73 Å². The van der Waals surface area contributed by atoms with Gasteiger partial charge in [-0.05, 0) is 35.0 Å². The van der Waals surface area contributed by atoms with E-state index in [2.05, 4.69) is 0 Å². The second kappa shape index (κ2) is 5.54. The van der Waals surface area contributed by atoms with Gasteiger partial charge in [0.25, 0.3) is 0 Å². The molecule has 1 aromatic heterocycles. The van der Waals surface area contributed by atoms with Gasteiger partial charge in [-0.2, -0.15) is 0 Å². The summed E-state index contributed by atoms with van der Waals surface area (Å²) in [5.74, 6) is -1.14. The number of nitrogen functional groups attached to an aromatic ring is 1. The van der Waals surface area contributed by atoms with Crippen molar-refractivity contribution in [2.45, 2.75) is 6.61 Å². The lowest BCUT2D eigenvalue weighted by molar-refractivity contribution is 0.0475. The van der Waals surface area contributed by atoms with Gasteiger partial charge in [0.05, 0.1) is 5.56 Å². The van der Waals surface area contributed by atoms with Crippen LogP contribution < -0.4 is 5.73 Å². The molecular formula is C16H12FNO2S. The number of esters is 1. The van der Waals surface area contributed by atoms with E-state index < -0.39 is 11.8 Å². The van der Waals surface area contributed by atoms with E-state index in [-0.39, 0.29) is 17.9 Å². The van der Waals surface area contributed by atoms with Crippen LogP contribution in [0.3, 0.4) is 0 Å². The second-order valence-corrected chi connectivity index (χ2v) is 5.48. The van der Waals surface area contributed by atoms with Crippen molar-refractivity contribution in [1.82, 2.24) is 0 Å². The molecule has 106 valence electrons. The summed E-state index contributed by atoms with van der Waals surface area (Å²) in [6, 6.07) is 11.5. The van der Waals surface area contributed by atoms with E-state index in [1.54, 1.807) is 11.3 Å². The van der Waals surface area contributed by atoms with Gasteiger partial charge in [-0.1, -0.05) is 18.2 Å². The molecule has 0 spiro atoms. The van der Waals surface area contributed by atoms with Crippen LogP contribution in [0.5, 0.6) is 0 Å². The summed E-state index contributed by atoms with van der Waals surface area (Å²) in [5, 5.41) is 3.01. The molecule has 2 N–H and O–H groups in total. The van der Waals surface area contributed by atoms with Gasteiger partial charge in [0.1, 0.15) is 12.4 Å². The van der Waals surface area contributed by atoms with Crippen molar-refractivity contribution in [2.24, 2.45) is 0 Å². The Labute approximate surface area is 124 Å².